The van der Waals surface area contributed by atoms with Gasteiger partial charge in [-0.2, -0.15) is 0 Å². The first-order valence-corrected chi connectivity index (χ1v) is 9.56. The summed E-state index contributed by atoms with van der Waals surface area (Å²) in [6.45, 7) is 0. The van der Waals surface area contributed by atoms with Crippen LogP contribution in [0.2, 0.25) is 5.02 Å². The molecule has 1 aliphatic heterocycles. The van der Waals surface area contributed by atoms with Gasteiger partial charge in [-0.25, -0.2) is 9.67 Å². The predicted octanol–water partition coefficient (Wildman–Crippen LogP) is 5.71. The van der Waals surface area contributed by atoms with Gasteiger partial charge in [-0.3, -0.25) is 0 Å². The van der Waals surface area contributed by atoms with Gasteiger partial charge >= 0.3 is 0 Å². The zero-order valence-electron chi connectivity index (χ0n) is 15.0. The summed E-state index contributed by atoms with van der Waals surface area (Å²) in [5.41, 5.74) is 5.10. The monoisotopic (exact) mass is 384 g/mol. The number of fused-ring (bicyclic) bond motifs is 1. The molecule has 1 aliphatic rings. The van der Waals surface area contributed by atoms with Crippen LogP contribution in [0, 0.1) is 0 Å². The molecule has 136 valence electrons. The molecule has 1 unspecified atom stereocenters. The van der Waals surface area contributed by atoms with E-state index in [4.69, 9.17) is 16.6 Å². The lowest BCUT2D eigenvalue weighted by Gasteiger charge is -2.24. The number of nitrogens with zero attached hydrogens (tertiary/aromatic N) is 4. The number of benzene rings is 3. The fourth-order valence-electron chi connectivity index (χ4n) is 3.59. The van der Waals surface area contributed by atoms with Crippen molar-refractivity contribution in [3.05, 3.63) is 101 Å². The fraction of sp³-hybridized carbons (Fsp3) is 0.0870. The Morgan fingerprint density at radius 1 is 0.786 bits per heavy atom. The van der Waals surface area contributed by atoms with Crippen molar-refractivity contribution in [2.75, 3.05) is 0 Å². The SMILES string of the molecule is Clc1ccc(C2CC(c3ccccc3)=Nc3c(-c4ccccc4)nnn32)cc1. The van der Waals surface area contributed by atoms with Crippen molar-refractivity contribution in [3.63, 3.8) is 0 Å². The third-order valence-electron chi connectivity index (χ3n) is 5.00. The molecule has 0 spiro atoms. The molecule has 2 heterocycles. The van der Waals surface area contributed by atoms with Crippen LogP contribution in [-0.2, 0) is 0 Å². The lowest BCUT2D eigenvalue weighted by Crippen LogP contribution is -2.21. The van der Waals surface area contributed by atoms with E-state index in [-0.39, 0.29) is 6.04 Å². The minimum absolute atomic E-state index is 0.0185. The van der Waals surface area contributed by atoms with Crippen LogP contribution in [0.1, 0.15) is 23.6 Å². The molecular weight excluding hydrogens is 368 g/mol. The van der Waals surface area contributed by atoms with Crippen molar-refractivity contribution in [2.45, 2.75) is 12.5 Å². The highest BCUT2D eigenvalue weighted by Gasteiger charge is 2.29. The Morgan fingerprint density at radius 2 is 1.43 bits per heavy atom. The smallest absolute Gasteiger partial charge is 0.179 e. The van der Waals surface area contributed by atoms with Gasteiger partial charge in [0.15, 0.2) is 5.82 Å². The zero-order chi connectivity index (χ0) is 18.9. The molecule has 4 nitrogen and oxygen atoms in total. The fourth-order valence-corrected chi connectivity index (χ4v) is 3.71. The van der Waals surface area contributed by atoms with Crippen LogP contribution in [0.15, 0.2) is 89.9 Å². The maximum absolute atomic E-state index is 6.10. The summed E-state index contributed by atoms with van der Waals surface area (Å²) >= 11 is 6.10. The highest BCUT2D eigenvalue weighted by atomic mass is 35.5. The van der Waals surface area contributed by atoms with Crippen LogP contribution in [0.3, 0.4) is 0 Å². The Labute approximate surface area is 168 Å². The molecule has 0 radical (unpaired) electrons. The van der Waals surface area contributed by atoms with Gasteiger partial charge in [0, 0.05) is 17.0 Å². The number of hydrogen-bond acceptors (Lipinski definition) is 3. The summed E-state index contributed by atoms with van der Waals surface area (Å²) in [5, 5.41) is 9.66. The molecule has 4 aromatic rings. The molecule has 5 heteroatoms. The first kappa shape index (κ1) is 16.9. The van der Waals surface area contributed by atoms with Crippen LogP contribution in [-0.4, -0.2) is 20.7 Å². The summed E-state index contributed by atoms with van der Waals surface area (Å²) < 4.78 is 1.93. The first-order chi connectivity index (χ1) is 13.8. The number of aromatic nitrogens is 3. The van der Waals surface area contributed by atoms with Crippen molar-refractivity contribution in [1.29, 1.82) is 0 Å². The number of halogens is 1. The van der Waals surface area contributed by atoms with Crippen molar-refractivity contribution in [1.82, 2.24) is 15.0 Å². The quantitative estimate of drug-likeness (QED) is 0.454. The number of hydrogen-bond donors (Lipinski definition) is 0. The van der Waals surface area contributed by atoms with E-state index in [1.165, 1.54) is 0 Å². The van der Waals surface area contributed by atoms with Gasteiger partial charge in [0.2, 0.25) is 0 Å². The molecule has 0 aliphatic carbocycles. The molecular formula is C23H17ClN4. The number of aliphatic imine (C=N–C) groups is 1. The van der Waals surface area contributed by atoms with Gasteiger partial charge in [0.05, 0.1) is 11.8 Å². The normalized spacial score (nSPS) is 15.8. The Bertz CT molecular complexity index is 1130. The van der Waals surface area contributed by atoms with Gasteiger partial charge in [0.1, 0.15) is 5.69 Å². The molecule has 1 aromatic heterocycles. The molecule has 5 rings (SSSR count). The van der Waals surface area contributed by atoms with Crippen LogP contribution in [0.4, 0.5) is 5.82 Å². The lowest BCUT2D eigenvalue weighted by molar-refractivity contribution is 0.515. The van der Waals surface area contributed by atoms with Crippen molar-refractivity contribution in [2.24, 2.45) is 4.99 Å². The van der Waals surface area contributed by atoms with E-state index < -0.39 is 0 Å². The third-order valence-corrected chi connectivity index (χ3v) is 5.25. The average Bonchev–Trinajstić information content (AvgIpc) is 3.19. The molecule has 0 N–H and O–H groups in total. The average molecular weight is 385 g/mol. The van der Waals surface area contributed by atoms with Gasteiger partial charge in [-0.1, -0.05) is 89.6 Å². The van der Waals surface area contributed by atoms with Gasteiger partial charge < -0.3 is 0 Å². The maximum atomic E-state index is 6.10. The van der Waals surface area contributed by atoms with E-state index in [2.05, 4.69) is 34.6 Å². The van der Waals surface area contributed by atoms with E-state index in [1.807, 2.05) is 65.3 Å². The highest BCUT2D eigenvalue weighted by Crippen LogP contribution is 2.38. The number of rotatable bonds is 3. The van der Waals surface area contributed by atoms with E-state index >= 15 is 0 Å². The second-order valence-electron chi connectivity index (χ2n) is 6.77. The van der Waals surface area contributed by atoms with Crippen LogP contribution in [0.25, 0.3) is 11.3 Å². The molecule has 0 amide bonds. The van der Waals surface area contributed by atoms with Gasteiger partial charge in [0.25, 0.3) is 0 Å². The van der Waals surface area contributed by atoms with E-state index in [0.29, 0.717) is 0 Å². The largest absolute Gasteiger partial charge is 0.231 e. The van der Waals surface area contributed by atoms with Gasteiger partial charge in [-0.05, 0) is 23.3 Å². The van der Waals surface area contributed by atoms with E-state index in [0.717, 1.165) is 45.4 Å². The molecule has 1 atom stereocenters. The summed E-state index contributed by atoms with van der Waals surface area (Å²) in [5.74, 6) is 0.788. The van der Waals surface area contributed by atoms with Crippen LogP contribution in [0.5, 0.6) is 0 Å². The lowest BCUT2D eigenvalue weighted by atomic mass is 9.95. The zero-order valence-corrected chi connectivity index (χ0v) is 15.8. The van der Waals surface area contributed by atoms with E-state index in [9.17, 15) is 0 Å². The second-order valence-corrected chi connectivity index (χ2v) is 7.20. The second kappa shape index (κ2) is 7.06. The first-order valence-electron chi connectivity index (χ1n) is 9.18. The third kappa shape index (κ3) is 3.02. The Morgan fingerprint density at radius 3 is 2.11 bits per heavy atom. The van der Waals surface area contributed by atoms with Crippen molar-refractivity contribution < 1.29 is 0 Å². The molecule has 3 aromatic carbocycles. The molecule has 0 saturated carbocycles. The summed E-state index contributed by atoms with van der Waals surface area (Å²) in [6.07, 6.45) is 0.746. The molecule has 0 saturated heterocycles. The summed E-state index contributed by atoms with van der Waals surface area (Å²) in [7, 11) is 0. The van der Waals surface area contributed by atoms with Crippen LogP contribution >= 0.6 is 11.6 Å². The van der Waals surface area contributed by atoms with Crippen molar-refractivity contribution in [3.8, 4) is 11.3 Å². The molecule has 0 bridgehead atoms. The predicted molar refractivity (Wildman–Crippen MR) is 112 cm³/mol. The minimum Gasteiger partial charge on any atom is -0.231 e. The Balaban J connectivity index is 1.68. The van der Waals surface area contributed by atoms with E-state index in [1.54, 1.807) is 0 Å². The topological polar surface area (TPSA) is 43.1 Å². The van der Waals surface area contributed by atoms with Crippen molar-refractivity contribution >= 4 is 23.1 Å². The maximum Gasteiger partial charge on any atom is 0.179 e. The van der Waals surface area contributed by atoms with Crippen LogP contribution < -0.4 is 0 Å². The summed E-state index contributed by atoms with van der Waals surface area (Å²) in [6, 6.07) is 28.3. The Hall–Kier alpha value is -3.24. The summed E-state index contributed by atoms with van der Waals surface area (Å²) in [4.78, 5) is 4.97. The highest BCUT2D eigenvalue weighted by molar-refractivity contribution is 6.30. The van der Waals surface area contributed by atoms with Gasteiger partial charge in [-0.15, -0.1) is 5.10 Å². The molecule has 28 heavy (non-hydrogen) atoms. The minimum atomic E-state index is 0.0185. The standard InChI is InChI=1S/C23H17ClN4/c24-19-13-11-17(12-14-19)21-15-20(16-7-3-1-4-8-16)25-23-22(26-27-28(21)23)18-9-5-2-6-10-18/h1-14,21H,15H2. The molecule has 0 fully saturated rings. The Kier molecular flexibility index (Phi) is 4.26.